The molecule has 0 saturated carbocycles. The number of carbonyl (C=O) groups is 1. The quantitative estimate of drug-likeness (QED) is 0.700. The molecule has 0 bridgehead atoms. The van der Waals surface area contributed by atoms with Crippen LogP contribution in [0.3, 0.4) is 0 Å². The summed E-state index contributed by atoms with van der Waals surface area (Å²) < 4.78 is 13.1. The topological polar surface area (TPSA) is 66.9 Å². The lowest BCUT2D eigenvalue weighted by Gasteiger charge is -2.08. The van der Waals surface area contributed by atoms with Crippen LogP contribution in [0.4, 0.5) is 15.9 Å². The molecule has 3 aromatic rings. The Kier molecular flexibility index (Phi) is 5.53. The van der Waals surface area contributed by atoms with Gasteiger partial charge in [0, 0.05) is 29.4 Å². The Hall–Kier alpha value is -3.28. The molecular formula is C20H19FN4O. The number of hydrogen-bond donors (Lipinski definition) is 2. The fourth-order valence-corrected chi connectivity index (χ4v) is 2.40. The van der Waals surface area contributed by atoms with Crippen molar-refractivity contribution in [3.8, 4) is 11.3 Å². The first-order chi connectivity index (χ1) is 12.7. The first-order valence-electron chi connectivity index (χ1n) is 8.39. The zero-order valence-corrected chi connectivity index (χ0v) is 14.4. The number of benzene rings is 2. The van der Waals surface area contributed by atoms with Crippen molar-refractivity contribution in [1.29, 1.82) is 0 Å². The van der Waals surface area contributed by atoms with Crippen LogP contribution in [0.25, 0.3) is 11.3 Å². The molecule has 0 spiro atoms. The van der Waals surface area contributed by atoms with Crippen LogP contribution in [0, 0.1) is 5.82 Å². The lowest BCUT2D eigenvalue weighted by atomic mass is 10.1. The normalized spacial score (nSPS) is 10.4. The minimum absolute atomic E-state index is 0.0842. The molecular weight excluding hydrogens is 331 g/mol. The molecule has 1 aromatic heterocycles. The molecule has 6 heteroatoms. The second kappa shape index (κ2) is 8.20. The van der Waals surface area contributed by atoms with E-state index in [-0.39, 0.29) is 11.7 Å². The van der Waals surface area contributed by atoms with Crippen LogP contribution in [-0.4, -0.2) is 22.4 Å². The summed E-state index contributed by atoms with van der Waals surface area (Å²) in [6, 6.07) is 15.1. The molecule has 132 valence electrons. The van der Waals surface area contributed by atoms with Crippen molar-refractivity contribution in [2.75, 3.05) is 11.9 Å². The van der Waals surface area contributed by atoms with Gasteiger partial charge in [0.15, 0.2) is 0 Å². The summed E-state index contributed by atoms with van der Waals surface area (Å²) in [5, 5.41) is 6.02. The van der Waals surface area contributed by atoms with E-state index in [0.717, 1.165) is 17.7 Å². The van der Waals surface area contributed by atoms with Gasteiger partial charge in [0.25, 0.3) is 5.91 Å². The molecule has 0 aliphatic rings. The third kappa shape index (κ3) is 4.42. The molecule has 3 rings (SSSR count). The van der Waals surface area contributed by atoms with Gasteiger partial charge in [0.05, 0.1) is 5.69 Å². The molecule has 0 radical (unpaired) electrons. The molecule has 2 aromatic carbocycles. The van der Waals surface area contributed by atoms with E-state index in [2.05, 4.69) is 20.6 Å². The van der Waals surface area contributed by atoms with Gasteiger partial charge in [-0.25, -0.2) is 14.4 Å². The number of rotatable bonds is 6. The number of halogens is 1. The van der Waals surface area contributed by atoms with E-state index < -0.39 is 0 Å². The van der Waals surface area contributed by atoms with Gasteiger partial charge in [-0.05, 0) is 55.0 Å². The highest BCUT2D eigenvalue weighted by atomic mass is 19.1. The Morgan fingerprint density at radius 1 is 1.04 bits per heavy atom. The molecule has 0 fully saturated rings. The number of carbonyl (C=O) groups excluding carboxylic acids is 1. The van der Waals surface area contributed by atoms with Gasteiger partial charge in [-0.1, -0.05) is 6.92 Å². The Balaban J connectivity index is 1.72. The third-order valence-electron chi connectivity index (χ3n) is 3.76. The molecule has 1 amide bonds. The highest BCUT2D eigenvalue weighted by Gasteiger charge is 2.06. The number of amides is 1. The van der Waals surface area contributed by atoms with Gasteiger partial charge >= 0.3 is 0 Å². The van der Waals surface area contributed by atoms with Crippen LogP contribution in [0.15, 0.2) is 60.9 Å². The third-order valence-corrected chi connectivity index (χ3v) is 3.76. The minimum Gasteiger partial charge on any atom is -0.352 e. The van der Waals surface area contributed by atoms with Crippen LogP contribution >= 0.6 is 0 Å². The first-order valence-corrected chi connectivity index (χ1v) is 8.39. The fraction of sp³-hybridized carbons (Fsp3) is 0.150. The molecule has 0 atom stereocenters. The van der Waals surface area contributed by atoms with Gasteiger partial charge in [-0.3, -0.25) is 4.79 Å². The summed E-state index contributed by atoms with van der Waals surface area (Å²) in [6.07, 6.45) is 2.35. The zero-order valence-electron chi connectivity index (χ0n) is 14.4. The van der Waals surface area contributed by atoms with Crippen LogP contribution in [0.1, 0.15) is 23.7 Å². The van der Waals surface area contributed by atoms with Crippen molar-refractivity contribution >= 4 is 17.4 Å². The second-order valence-corrected chi connectivity index (χ2v) is 5.75. The Morgan fingerprint density at radius 3 is 2.46 bits per heavy atom. The maximum atomic E-state index is 13.1. The molecule has 0 aliphatic heterocycles. The van der Waals surface area contributed by atoms with Gasteiger partial charge in [-0.15, -0.1) is 0 Å². The van der Waals surface area contributed by atoms with Crippen LogP contribution < -0.4 is 10.6 Å². The van der Waals surface area contributed by atoms with Gasteiger partial charge in [0.1, 0.15) is 18.0 Å². The fourth-order valence-electron chi connectivity index (χ4n) is 2.40. The SMILES string of the molecule is CCCNC(=O)c1ccc(Nc2cc(-c3ccc(F)cc3)ncn2)cc1. The van der Waals surface area contributed by atoms with Crippen molar-refractivity contribution in [3.63, 3.8) is 0 Å². The predicted octanol–water partition coefficient (Wildman–Crippen LogP) is 4.17. The van der Waals surface area contributed by atoms with E-state index >= 15 is 0 Å². The monoisotopic (exact) mass is 350 g/mol. The summed E-state index contributed by atoms with van der Waals surface area (Å²) in [6.45, 7) is 2.67. The number of nitrogens with zero attached hydrogens (tertiary/aromatic N) is 2. The average Bonchev–Trinajstić information content (AvgIpc) is 2.67. The summed E-state index contributed by atoms with van der Waals surface area (Å²) in [5.74, 6) is 0.241. The summed E-state index contributed by atoms with van der Waals surface area (Å²) in [5.41, 5.74) is 2.91. The van der Waals surface area contributed by atoms with E-state index in [1.807, 2.05) is 19.1 Å². The second-order valence-electron chi connectivity index (χ2n) is 5.75. The van der Waals surface area contributed by atoms with Crippen molar-refractivity contribution in [2.24, 2.45) is 0 Å². The maximum absolute atomic E-state index is 13.1. The minimum atomic E-state index is -0.288. The largest absolute Gasteiger partial charge is 0.352 e. The van der Waals surface area contributed by atoms with E-state index in [1.54, 1.807) is 30.3 Å². The summed E-state index contributed by atoms with van der Waals surface area (Å²) in [7, 11) is 0. The lowest BCUT2D eigenvalue weighted by Crippen LogP contribution is -2.23. The van der Waals surface area contributed by atoms with E-state index in [1.165, 1.54) is 18.5 Å². The van der Waals surface area contributed by atoms with Gasteiger partial charge < -0.3 is 10.6 Å². The highest BCUT2D eigenvalue weighted by molar-refractivity contribution is 5.94. The Labute approximate surface area is 151 Å². The van der Waals surface area contributed by atoms with Crippen molar-refractivity contribution < 1.29 is 9.18 Å². The molecule has 26 heavy (non-hydrogen) atoms. The van der Waals surface area contributed by atoms with Crippen molar-refractivity contribution in [1.82, 2.24) is 15.3 Å². The lowest BCUT2D eigenvalue weighted by molar-refractivity contribution is 0.0953. The molecule has 0 unspecified atom stereocenters. The van der Waals surface area contributed by atoms with E-state index in [0.29, 0.717) is 23.6 Å². The number of aromatic nitrogens is 2. The smallest absolute Gasteiger partial charge is 0.251 e. The Morgan fingerprint density at radius 2 is 1.77 bits per heavy atom. The average molecular weight is 350 g/mol. The number of hydrogen-bond acceptors (Lipinski definition) is 4. The summed E-state index contributed by atoms with van der Waals surface area (Å²) >= 11 is 0. The number of anilines is 2. The molecule has 5 nitrogen and oxygen atoms in total. The van der Waals surface area contributed by atoms with Crippen LogP contribution in [0.2, 0.25) is 0 Å². The standard InChI is InChI=1S/C20H19FN4O/c1-2-11-22-20(26)15-5-9-17(10-6-15)25-19-12-18(23-13-24-19)14-3-7-16(21)8-4-14/h3-10,12-13H,2,11H2,1H3,(H,22,26)(H,23,24,25). The van der Waals surface area contributed by atoms with Crippen LogP contribution in [0.5, 0.6) is 0 Å². The predicted molar refractivity (Wildman–Crippen MR) is 99.8 cm³/mol. The van der Waals surface area contributed by atoms with Crippen LogP contribution in [-0.2, 0) is 0 Å². The van der Waals surface area contributed by atoms with E-state index in [9.17, 15) is 9.18 Å². The molecule has 2 N–H and O–H groups in total. The molecule has 1 heterocycles. The van der Waals surface area contributed by atoms with Crippen molar-refractivity contribution in [2.45, 2.75) is 13.3 Å². The van der Waals surface area contributed by atoms with Gasteiger partial charge in [0.2, 0.25) is 0 Å². The van der Waals surface area contributed by atoms with Gasteiger partial charge in [-0.2, -0.15) is 0 Å². The summed E-state index contributed by atoms with van der Waals surface area (Å²) in [4.78, 5) is 20.3. The molecule has 0 aliphatic carbocycles. The molecule has 0 saturated heterocycles. The first kappa shape index (κ1) is 17.5. The Bertz CT molecular complexity index is 879. The van der Waals surface area contributed by atoms with E-state index in [4.69, 9.17) is 0 Å². The highest BCUT2D eigenvalue weighted by Crippen LogP contribution is 2.21. The maximum Gasteiger partial charge on any atom is 0.251 e. The zero-order chi connectivity index (χ0) is 18.4. The number of nitrogens with one attached hydrogen (secondary N) is 2. The van der Waals surface area contributed by atoms with Crippen molar-refractivity contribution in [3.05, 3.63) is 72.3 Å².